The van der Waals surface area contributed by atoms with Gasteiger partial charge in [-0.2, -0.15) is 0 Å². The minimum Gasteiger partial charge on any atom is -0.460 e. The summed E-state index contributed by atoms with van der Waals surface area (Å²) < 4.78 is 5.14. The highest BCUT2D eigenvalue weighted by atomic mass is 32.2. The van der Waals surface area contributed by atoms with Crippen LogP contribution in [0.15, 0.2) is 4.99 Å². The number of carbonyl (C=O) groups excluding carboxylic acids is 1. The first kappa shape index (κ1) is 7.60. The molecule has 0 aromatic carbocycles. The van der Waals surface area contributed by atoms with Gasteiger partial charge in [-0.15, -0.1) is 0 Å². The Labute approximate surface area is 63.9 Å². The van der Waals surface area contributed by atoms with Crippen LogP contribution < -0.4 is 0 Å². The maximum Gasteiger partial charge on any atom is 0.246 e. The molecule has 4 heteroatoms. The second-order valence-corrected chi connectivity index (χ2v) is 2.79. The molecule has 0 saturated carbocycles. The Hall–Kier alpha value is -0.510. The highest BCUT2D eigenvalue weighted by Crippen LogP contribution is 2.12. The van der Waals surface area contributed by atoms with Gasteiger partial charge in [-0.1, -0.05) is 11.8 Å². The quantitative estimate of drug-likeness (QED) is 0.565. The molecule has 0 bridgehead atoms. The standard InChI is InChI=1S/C6H9NO2S/c1-4(8)5-3-7-6(9-5)10-2/h5H,3H2,1-2H3. The fraction of sp³-hybridized carbons (Fsp3) is 0.667. The lowest BCUT2D eigenvalue weighted by Gasteiger charge is -2.04. The molecule has 0 N–H and O–H groups in total. The first-order chi connectivity index (χ1) is 4.74. The monoisotopic (exact) mass is 159 g/mol. The zero-order valence-corrected chi connectivity index (χ0v) is 6.77. The van der Waals surface area contributed by atoms with E-state index in [0.717, 1.165) is 0 Å². The summed E-state index contributed by atoms with van der Waals surface area (Å²) in [6, 6.07) is 0. The number of thioether (sulfide) groups is 1. The number of hydrogen-bond donors (Lipinski definition) is 0. The molecule has 0 amide bonds. The SMILES string of the molecule is CSC1=NCC(C(C)=O)O1. The second-order valence-electron chi connectivity index (χ2n) is 2.03. The van der Waals surface area contributed by atoms with E-state index in [1.165, 1.54) is 18.7 Å². The molecule has 1 heterocycles. The van der Waals surface area contributed by atoms with Crippen LogP contribution >= 0.6 is 11.8 Å². The Bertz CT molecular complexity index is 179. The van der Waals surface area contributed by atoms with E-state index in [0.29, 0.717) is 11.8 Å². The molecule has 0 aromatic heterocycles. The molecule has 56 valence electrons. The predicted molar refractivity (Wildman–Crippen MR) is 41.4 cm³/mol. The van der Waals surface area contributed by atoms with Gasteiger partial charge < -0.3 is 4.74 Å². The molecule has 3 nitrogen and oxygen atoms in total. The topological polar surface area (TPSA) is 38.7 Å². The Balaban J connectivity index is 2.43. The molecule has 1 aliphatic rings. The van der Waals surface area contributed by atoms with Crippen molar-refractivity contribution in [1.82, 2.24) is 0 Å². The lowest BCUT2D eigenvalue weighted by molar-refractivity contribution is -0.122. The third-order valence-electron chi connectivity index (χ3n) is 1.26. The number of carbonyl (C=O) groups is 1. The molecular weight excluding hydrogens is 150 g/mol. The van der Waals surface area contributed by atoms with Crippen molar-refractivity contribution in [3.05, 3.63) is 0 Å². The summed E-state index contributed by atoms with van der Waals surface area (Å²) in [4.78, 5) is 14.7. The van der Waals surface area contributed by atoms with Gasteiger partial charge in [0.05, 0.1) is 6.54 Å². The Morgan fingerprint density at radius 2 is 2.60 bits per heavy atom. The van der Waals surface area contributed by atoms with E-state index in [1.54, 1.807) is 0 Å². The molecule has 1 atom stereocenters. The fourth-order valence-corrected chi connectivity index (χ4v) is 1.09. The van der Waals surface area contributed by atoms with Crippen LogP contribution in [0.5, 0.6) is 0 Å². The van der Waals surface area contributed by atoms with Gasteiger partial charge in [0.25, 0.3) is 0 Å². The van der Waals surface area contributed by atoms with Gasteiger partial charge in [0.1, 0.15) is 0 Å². The van der Waals surface area contributed by atoms with Crippen molar-refractivity contribution in [2.45, 2.75) is 13.0 Å². The summed E-state index contributed by atoms with van der Waals surface area (Å²) in [6.45, 7) is 2.01. The zero-order valence-electron chi connectivity index (χ0n) is 5.96. The van der Waals surface area contributed by atoms with Crippen LogP contribution in [0.4, 0.5) is 0 Å². The van der Waals surface area contributed by atoms with E-state index in [2.05, 4.69) is 4.99 Å². The van der Waals surface area contributed by atoms with Gasteiger partial charge in [0.15, 0.2) is 11.9 Å². The van der Waals surface area contributed by atoms with E-state index in [4.69, 9.17) is 4.74 Å². The Morgan fingerprint density at radius 3 is 2.90 bits per heavy atom. The minimum absolute atomic E-state index is 0.0489. The van der Waals surface area contributed by atoms with E-state index < -0.39 is 0 Å². The van der Waals surface area contributed by atoms with E-state index in [-0.39, 0.29) is 11.9 Å². The molecule has 0 saturated heterocycles. The third-order valence-corrected chi connectivity index (χ3v) is 1.83. The summed E-state index contributed by atoms with van der Waals surface area (Å²) in [7, 11) is 0. The molecule has 0 spiro atoms. The van der Waals surface area contributed by atoms with Crippen LogP contribution in [0.1, 0.15) is 6.92 Å². The number of nitrogens with zero attached hydrogens (tertiary/aromatic N) is 1. The molecular formula is C6H9NO2S. The number of ketones is 1. The lowest BCUT2D eigenvalue weighted by Crippen LogP contribution is -2.20. The van der Waals surface area contributed by atoms with Crippen molar-refractivity contribution in [2.24, 2.45) is 4.99 Å². The smallest absolute Gasteiger partial charge is 0.246 e. The van der Waals surface area contributed by atoms with Crippen molar-refractivity contribution >= 4 is 22.8 Å². The van der Waals surface area contributed by atoms with Crippen LogP contribution in [-0.2, 0) is 9.53 Å². The lowest BCUT2D eigenvalue weighted by atomic mass is 10.3. The van der Waals surface area contributed by atoms with Gasteiger partial charge in [-0.3, -0.25) is 4.79 Å². The Morgan fingerprint density at radius 1 is 1.90 bits per heavy atom. The Kier molecular flexibility index (Phi) is 2.32. The third kappa shape index (κ3) is 1.50. The van der Waals surface area contributed by atoms with E-state index in [9.17, 15) is 4.79 Å². The van der Waals surface area contributed by atoms with E-state index >= 15 is 0 Å². The number of aliphatic imine (C=N–C) groups is 1. The first-order valence-electron chi connectivity index (χ1n) is 2.99. The van der Waals surface area contributed by atoms with Gasteiger partial charge >= 0.3 is 0 Å². The number of hydrogen-bond acceptors (Lipinski definition) is 4. The molecule has 0 aliphatic carbocycles. The number of ether oxygens (including phenoxy) is 1. The van der Waals surface area contributed by atoms with Crippen molar-refractivity contribution in [1.29, 1.82) is 0 Å². The first-order valence-corrected chi connectivity index (χ1v) is 4.22. The van der Waals surface area contributed by atoms with Crippen LogP contribution in [0.2, 0.25) is 0 Å². The van der Waals surface area contributed by atoms with Gasteiger partial charge in [-0.25, -0.2) is 4.99 Å². The van der Waals surface area contributed by atoms with Crippen LogP contribution in [0, 0.1) is 0 Å². The van der Waals surface area contributed by atoms with E-state index in [1.807, 2.05) is 6.26 Å². The summed E-state index contributed by atoms with van der Waals surface area (Å²) in [6.07, 6.45) is 1.56. The summed E-state index contributed by atoms with van der Waals surface area (Å²) in [5.74, 6) is 0.0489. The van der Waals surface area contributed by atoms with Gasteiger partial charge in [0.2, 0.25) is 5.23 Å². The average molecular weight is 159 g/mol. The molecule has 10 heavy (non-hydrogen) atoms. The van der Waals surface area contributed by atoms with Crippen molar-refractivity contribution in [3.8, 4) is 0 Å². The predicted octanol–water partition coefficient (Wildman–Crippen LogP) is 0.693. The summed E-state index contributed by atoms with van der Waals surface area (Å²) in [5, 5.41) is 0.625. The minimum atomic E-state index is -0.317. The highest BCUT2D eigenvalue weighted by molar-refractivity contribution is 8.12. The summed E-state index contributed by atoms with van der Waals surface area (Å²) >= 11 is 1.43. The molecule has 0 fully saturated rings. The average Bonchev–Trinajstić information content (AvgIpc) is 2.34. The van der Waals surface area contributed by atoms with Gasteiger partial charge in [-0.05, 0) is 13.2 Å². The van der Waals surface area contributed by atoms with Crippen molar-refractivity contribution < 1.29 is 9.53 Å². The number of Topliss-reactive ketones (excluding diaryl/α,β-unsaturated/α-hetero) is 1. The molecule has 0 aromatic rings. The fourth-order valence-electron chi connectivity index (χ4n) is 0.678. The molecule has 1 rings (SSSR count). The largest absolute Gasteiger partial charge is 0.460 e. The van der Waals surface area contributed by atoms with Crippen LogP contribution in [0.3, 0.4) is 0 Å². The molecule has 1 unspecified atom stereocenters. The van der Waals surface area contributed by atoms with Gasteiger partial charge in [0, 0.05) is 0 Å². The molecule has 1 aliphatic heterocycles. The maximum atomic E-state index is 10.7. The second kappa shape index (κ2) is 3.05. The van der Waals surface area contributed by atoms with Crippen LogP contribution in [0.25, 0.3) is 0 Å². The highest BCUT2D eigenvalue weighted by Gasteiger charge is 2.22. The summed E-state index contributed by atoms with van der Waals surface area (Å²) in [5.41, 5.74) is 0. The normalized spacial score (nSPS) is 23.8. The van der Waals surface area contributed by atoms with Crippen molar-refractivity contribution in [2.75, 3.05) is 12.8 Å². The zero-order chi connectivity index (χ0) is 7.56. The number of rotatable bonds is 1. The van der Waals surface area contributed by atoms with Crippen molar-refractivity contribution in [3.63, 3.8) is 0 Å². The maximum absolute atomic E-state index is 10.7. The van der Waals surface area contributed by atoms with Crippen LogP contribution in [-0.4, -0.2) is 29.9 Å². The molecule has 0 radical (unpaired) electrons.